The number of halogens is 1. The minimum absolute atomic E-state index is 0. The molecule has 1 aliphatic heterocycles. The van der Waals surface area contributed by atoms with Crippen molar-refractivity contribution in [1.29, 1.82) is 0 Å². The lowest BCUT2D eigenvalue weighted by Crippen LogP contribution is -3.00. The highest BCUT2D eigenvalue weighted by Crippen LogP contribution is 2.06. The van der Waals surface area contributed by atoms with E-state index in [0.717, 1.165) is 26.2 Å². The molecule has 78 valence electrons. The lowest BCUT2D eigenvalue weighted by molar-refractivity contribution is -0.698. The van der Waals surface area contributed by atoms with E-state index in [-0.39, 0.29) is 23.3 Å². The molecule has 4 heteroatoms. The van der Waals surface area contributed by atoms with Gasteiger partial charge < -0.3 is 26.5 Å². The maximum atomic E-state index is 5.34. The third kappa shape index (κ3) is 3.36. The molecule has 0 aromatic carbocycles. The third-order valence-electron chi connectivity index (χ3n) is 2.09. The molecule has 1 saturated heterocycles. The number of ether oxygens (including phenoxy) is 2. The zero-order valence-electron chi connectivity index (χ0n) is 7.93. The minimum atomic E-state index is 0. The van der Waals surface area contributed by atoms with Gasteiger partial charge in [0, 0.05) is 12.1 Å². The highest BCUT2D eigenvalue weighted by Gasteiger charge is 2.17. The molecule has 2 heterocycles. The maximum absolute atomic E-state index is 5.34. The fourth-order valence-corrected chi connectivity index (χ4v) is 1.41. The van der Waals surface area contributed by atoms with Gasteiger partial charge >= 0.3 is 0 Å². The molecule has 3 nitrogen and oxygen atoms in total. The maximum Gasteiger partial charge on any atom is 0.168 e. The first-order chi connectivity index (χ1) is 6.45. The van der Waals surface area contributed by atoms with Gasteiger partial charge in [-0.25, -0.2) is 4.57 Å². The third-order valence-corrected chi connectivity index (χ3v) is 2.09. The number of hydrogen-bond donors (Lipinski definition) is 0. The number of pyridine rings is 1. The van der Waals surface area contributed by atoms with E-state index in [1.54, 1.807) is 0 Å². The van der Waals surface area contributed by atoms with Gasteiger partial charge in [0.15, 0.2) is 25.2 Å². The summed E-state index contributed by atoms with van der Waals surface area (Å²) in [4.78, 5) is 0. The summed E-state index contributed by atoms with van der Waals surface area (Å²) in [7, 11) is 0. The number of rotatable bonds is 3. The second-order valence-electron chi connectivity index (χ2n) is 3.07. The van der Waals surface area contributed by atoms with Gasteiger partial charge in [-0.15, -0.1) is 0 Å². The molecule has 0 unspecified atom stereocenters. The van der Waals surface area contributed by atoms with Gasteiger partial charge in [0.1, 0.15) is 0 Å². The zero-order chi connectivity index (χ0) is 8.93. The topological polar surface area (TPSA) is 22.3 Å². The molecule has 1 aliphatic rings. The number of nitrogens with zero attached hydrogens (tertiary/aromatic N) is 1. The lowest BCUT2D eigenvalue weighted by Gasteiger charge is -2.05. The van der Waals surface area contributed by atoms with Crippen molar-refractivity contribution in [2.75, 3.05) is 13.2 Å². The van der Waals surface area contributed by atoms with Crippen molar-refractivity contribution in [1.82, 2.24) is 0 Å². The van der Waals surface area contributed by atoms with Crippen LogP contribution in [0.5, 0.6) is 0 Å². The molecule has 14 heavy (non-hydrogen) atoms. The largest absolute Gasteiger partial charge is 1.00 e. The van der Waals surface area contributed by atoms with Crippen molar-refractivity contribution in [3.05, 3.63) is 30.6 Å². The number of aromatic nitrogens is 1. The summed E-state index contributed by atoms with van der Waals surface area (Å²) >= 11 is 0. The molecule has 0 amide bonds. The van der Waals surface area contributed by atoms with E-state index in [9.17, 15) is 0 Å². The molecule has 1 aromatic heterocycles. The Balaban J connectivity index is 0.000000980. The predicted octanol–water partition coefficient (Wildman–Crippen LogP) is -2.26. The molecule has 0 spiro atoms. The van der Waals surface area contributed by atoms with Gasteiger partial charge in [-0.1, -0.05) is 6.07 Å². The summed E-state index contributed by atoms with van der Waals surface area (Å²) in [6.07, 6.45) is 5.03. The summed E-state index contributed by atoms with van der Waals surface area (Å²) in [5.74, 6) is 0. The van der Waals surface area contributed by atoms with Gasteiger partial charge in [0.05, 0.1) is 19.6 Å². The fourth-order valence-electron chi connectivity index (χ4n) is 1.41. The normalized spacial score (nSPS) is 16.6. The van der Waals surface area contributed by atoms with E-state index in [2.05, 4.69) is 17.0 Å². The van der Waals surface area contributed by atoms with Gasteiger partial charge in [0.2, 0.25) is 0 Å². The first kappa shape index (κ1) is 11.6. The Bertz CT molecular complexity index is 250. The Morgan fingerprint density at radius 3 is 2.36 bits per heavy atom. The van der Waals surface area contributed by atoms with Crippen LogP contribution in [0.2, 0.25) is 0 Å². The van der Waals surface area contributed by atoms with Crippen LogP contribution in [0.3, 0.4) is 0 Å². The smallest absolute Gasteiger partial charge is 0.168 e. The lowest BCUT2D eigenvalue weighted by atomic mass is 10.4. The first-order valence-corrected chi connectivity index (χ1v) is 4.62. The van der Waals surface area contributed by atoms with E-state index >= 15 is 0 Å². The van der Waals surface area contributed by atoms with Gasteiger partial charge in [-0.3, -0.25) is 0 Å². The Morgan fingerprint density at radius 2 is 1.71 bits per heavy atom. The summed E-state index contributed by atoms with van der Waals surface area (Å²) in [6, 6.07) is 6.06. The molecule has 0 bridgehead atoms. The average molecular weight is 260 g/mol. The molecule has 0 atom stereocenters. The number of hydrogen-bond acceptors (Lipinski definition) is 2. The Hall–Kier alpha value is -0.450. The molecular formula is C10H14BrNO2. The molecule has 0 aliphatic carbocycles. The molecule has 0 radical (unpaired) electrons. The van der Waals surface area contributed by atoms with Crippen molar-refractivity contribution in [2.45, 2.75) is 19.3 Å². The second-order valence-corrected chi connectivity index (χ2v) is 3.07. The van der Waals surface area contributed by atoms with Crippen LogP contribution in [0.4, 0.5) is 0 Å². The molecule has 2 rings (SSSR count). The SMILES string of the molecule is [Br-].c1cc[n+](CCC2OCCO2)cc1. The Kier molecular flexibility index (Phi) is 5.07. The summed E-state index contributed by atoms with van der Waals surface area (Å²) in [5, 5.41) is 0. The standard InChI is InChI=1S/C10H14NO2.BrH/c1-2-5-11(6-3-1)7-4-10-12-8-9-13-10;/h1-3,5-6,10H,4,7-9H2;1H/q+1;/p-1. The highest BCUT2D eigenvalue weighted by atomic mass is 79.9. The van der Waals surface area contributed by atoms with Gasteiger partial charge in [-0.05, 0) is 0 Å². The van der Waals surface area contributed by atoms with E-state index in [1.165, 1.54) is 0 Å². The monoisotopic (exact) mass is 259 g/mol. The van der Waals surface area contributed by atoms with Gasteiger partial charge in [-0.2, -0.15) is 0 Å². The first-order valence-electron chi connectivity index (χ1n) is 4.62. The zero-order valence-corrected chi connectivity index (χ0v) is 9.52. The fraction of sp³-hybridized carbons (Fsp3) is 0.500. The van der Waals surface area contributed by atoms with Crippen LogP contribution in [0, 0.1) is 0 Å². The van der Waals surface area contributed by atoms with Crippen molar-refractivity contribution >= 4 is 0 Å². The molecule has 1 fully saturated rings. The molecule has 1 aromatic rings. The van der Waals surface area contributed by atoms with Crippen molar-refractivity contribution < 1.29 is 31.0 Å². The van der Waals surface area contributed by atoms with E-state index < -0.39 is 0 Å². The van der Waals surface area contributed by atoms with Crippen LogP contribution >= 0.6 is 0 Å². The van der Waals surface area contributed by atoms with E-state index in [0.29, 0.717) is 0 Å². The summed E-state index contributed by atoms with van der Waals surface area (Å²) < 4.78 is 12.8. The Labute approximate surface area is 94.4 Å². The predicted molar refractivity (Wildman–Crippen MR) is 46.9 cm³/mol. The van der Waals surface area contributed by atoms with Crippen LogP contribution in [-0.4, -0.2) is 19.5 Å². The minimum Gasteiger partial charge on any atom is -1.00 e. The molecular weight excluding hydrogens is 246 g/mol. The highest BCUT2D eigenvalue weighted by molar-refractivity contribution is 4.83. The van der Waals surface area contributed by atoms with Crippen LogP contribution in [-0.2, 0) is 16.0 Å². The summed E-state index contributed by atoms with van der Waals surface area (Å²) in [5.41, 5.74) is 0. The van der Waals surface area contributed by atoms with Crippen LogP contribution in [0.25, 0.3) is 0 Å². The number of aryl methyl sites for hydroxylation is 1. The summed E-state index contributed by atoms with van der Waals surface area (Å²) in [6.45, 7) is 2.43. The molecule has 0 saturated carbocycles. The van der Waals surface area contributed by atoms with Crippen LogP contribution in [0.15, 0.2) is 30.6 Å². The second kappa shape index (κ2) is 6.11. The van der Waals surface area contributed by atoms with Gasteiger partial charge in [0.25, 0.3) is 0 Å². The van der Waals surface area contributed by atoms with Crippen LogP contribution in [0.1, 0.15) is 6.42 Å². The van der Waals surface area contributed by atoms with E-state index in [4.69, 9.17) is 9.47 Å². The van der Waals surface area contributed by atoms with Crippen LogP contribution < -0.4 is 21.5 Å². The van der Waals surface area contributed by atoms with Crippen molar-refractivity contribution in [3.63, 3.8) is 0 Å². The molecule has 0 N–H and O–H groups in total. The van der Waals surface area contributed by atoms with Crippen molar-refractivity contribution in [2.24, 2.45) is 0 Å². The Morgan fingerprint density at radius 1 is 1.07 bits per heavy atom. The van der Waals surface area contributed by atoms with E-state index in [1.807, 2.05) is 18.2 Å². The quantitative estimate of drug-likeness (QED) is 0.572. The average Bonchev–Trinajstić information content (AvgIpc) is 2.69. The van der Waals surface area contributed by atoms with Crippen molar-refractivity contribution in [3.8, 4) is 0 Å².